The normalized spacial score (nSPS) is 10.5. The number of rotatable bonds is 4. The number of hydrogen-bond donors (Lipinski definition) is 1. The van der Waals surface area contributed by atoms with Crippen molar-refractivity contribution in [3.05, 3.63) is 40.6 Å². The van der Waals surface area contributed by atoms with Crippen LogP contribution in [0.1, 0.15) is 13.3 Å². The first-order chi connectivity index (χ1) is 8.22. The maximum Gasteiger partial charge on any atom is 0.207 e. The minimum absolute atomic E-state index is 0.645. The molecule has 5 heteroatoms. The quantitative estimate of drug-likeness (QED) is 0.909. The zero-order chi connectivity index (χ0) is 12.3. The highest BCUT2D eigenvalue weighted by atomic mass is 35.5. The molecule has 0 aliphatic rings. The van der Waals surface area contributed by atoms with Crippen LogP contribution < -0.4 is 5.32 Å². The number of nitrogens with one attached hydrogen (secondary N) is 1. The summed E-state index contributed by atoms with van der Waals surface area (Å²) in [5, 5.41) is 4.54. The Morgan fingerprint density at radius 1 is 1.35 bits per heavy atom. The van der Waals surface area contributed by atoms with E-state index in [0.717, 1.165) is 24.6 Å². The lowest BCUT2D eigenvalue weighted by Gasteiger charge is -2.11. The molecule has 1 aromatic heterocycles. The first kappa shape index (κ1) is 12.3. The van der Waals surface area contributed by atoms with Gasteiger partial charge in [-0.1, -0.05) is 30.1 Å². The third kappa shape index (κ3) is 2.73. The standard InChI is InChI=1S/C12H13Cl2N3/c1-2-5-15-12-16-6-7-17(12)11-8-9(13)3-4-10(11)14/h3-4,6-8H,2,5H2,1H3,(H,15,16). The maximum atomic E-state index is 6.16. The summed E-state index contributed by atoms with van der Waals surface area (Å²) < 4.78 is 1.89. The van der Waals surface area contributed by atoms with Crippen LogP contribution in [0.15, 0.2) is 30.6 Å². The van der Waals surface area contributed by atoms with Crippen LogP contribution in [0.25, 0.3) is 5.69 Å². The Morgan fingerprint density at radius 2 is 2.18 bits per heavy atom. The predicted molar refractivity (Wildman–Crippen MR) is 72.4 cm³/mol. The molecule has 90 valence electrons. The van der Waals surface area contributed by atoms with Gasteiger partial charge in [-0.25, -0.2) is 4.98 Å². The molecular formula is C12H13Cl2N3. The van der Waals surface area contributed by atoms with Crippen molar-refractivity contribution in [2.24, 2.45) is 0 Å². The molecule has 2 rings (SSSR count). The molecule has 1 heterocycles. The van der Waals surface area contributed by atoms with Crippen LogP contribution in [-0.2, 0) is 0 Å². The van der Waals surface area contributed by atoms with Crippen molar-refractivity contribution >= 4 is 29.2 Å². The van der Waals surface area contributed by atoms with Crippen molar-refractivity contribution in [2.75, 3.05) is 11.9 Å². The molecule has 0 aliphatic heterocycles. The number of nitrogens with zero attached hydrogens (tertiary/aromatic N) is 2. The molecule has 0 spiro atoms. The van der Waals surface area contributed by atoms with Crippen LogP contribution in [0, 0.1) is 0 Å². The lowest BCUT2D eigenvalue weighted by Crippen LogP contribution is -2.06. The second-order valence-corrected chi connectivity index (χ2v) is 4.49. The van der Waals surface area contributed by atoms with E-state index in [4.69, 9.17) is 23.2 Å². The molecule has 3 nitrogen and oxygen atoms in total. The van der Waals surface area contributed by atoms with Gasteiger partial charge in [-0.3, -0.25) is 4.57 Å². The van der Waals surface area contributed by atoms with Gasteiger partial charge in [0.25, 0.3) is 0 Å². The van der Waals surface area contributed by atoms with Crippen molar-refractivity contribution < 1.29 is 0 Å². The number of imidazole rings is 1. The number of aromatic nitrogens is 2. The van der Waals surface area contributed by atoms with Gasteiger partial charge in [0.2, 0.25) is 5.95 Å². The number of hydrogen-bond acceptors (Lipinski definition) is 2. The fourth-order valence-corrected chi connectivity index (χ4v) is 1.91. The van der Waals surface area contributed by atoms with Gasteiger partial charge < -0.3 is 5.32 Å². The third-order valence-corrected chi connectivity index (χ3v) is 2.90. The summed E-state index contributed by atoms with van der Waals surface area (Å²) >= 11 is 12.1. The van der Waals surface area contributed by atoms with Gasteiger partial charge in [-0.2, -0.15) is 0 Å². The Morgan fingerprint density at radius 3 is 2.94 bits per heavy atom. The van der Waals surface area contributed by atoms with E-state index in [0.29, 0.717) is 10.0 Å². The van der Waals surface area contributed by atoms with Crippen LogP contribution in [0.2, 0.25) is 10.0 Å². The van der Waals surface area contributed by atoms with Crippen LogP contribution in [-0.4, -0.2) is 16.1 Å². The van der Waals surface area contributed by atoms with Gasteiger partial charge in [0.15, 0.2) is 0 Å². The fraction of sp³-hybridized carbons (Fsp3) is 0.250. The monoisotopic (exact) mass is 269 g/mol. The minimum atomic E-state index is 0.645. The summed E-state index contributed by atoms with van der Waals surface area (Å²) in [4.78, 5) is 4.25. The van der Waals surface area contributed by atoms with Crippen molar-refractivity contribution in [2.45, 2.75) is 13.3 Å². The SMILES string of the molecule is CCCNc1nccn1-c1cc(Cl)ccc1Cl. The first-order valence-electron chi connectivity index (χ1n) is 5.45. The van der Waals surface area contributed by atoms with Crippen LogP contribution in [0.5, 0.6) is 0 Å². The van der Waals surface area contributed by atoms with E-state index in [9.17, 15) is 0 Å². The Kier molecular flexibility index (Phi) is 3.92. The molecule has 17 heavy (non-hydrogen) atoms. The lowest BCUT2D eigenvalue weighted by molar-refractivity contribution is 0.937. The van der Waals surface area contributed by atoms with E-state index >= 15 is 0 Å². The molecule has 0 aliphatic carbocycles. The van der Waals surface area contributed by atoms with Gasteiger partial charge in [-0.15, -0.1) is 0 Å². The number of benzene rings is 1. The number of halogens is 2. The lowest BCUT2D eigenvalue weighted by atomic mass is 10.3. The Bertz CT molecular complexity index is 508. The predicted octanol–water partition coefficient (Wildman–Crippen LogP) is 4.00. The van der Waals surface area contributed by atoms with E-state index in [1.807, 2.05) is 16.8 Å². The molecule has 2 aromatic rings. The molecule has 1 N–H and O–H groups in total. The highest BCUT2D eigenvalue weighted by Crippen LogP contribution is 2.26. The summed E-state index contributed by atoms with van der Waals surface area (Å²) in [5.41, 5.74) is 0.829. The van der Waals surface area contributed by atoms with E-state index in [2.05, 4.69) is 17.2 Å². The molecule has 0 bridgehead atoms. The molecule has 0 fully saturated rings. The van der Waals surface area contributed by atoms with Crippen molar-refractivity contribution in [1.82, 2.24) is 9.55 Å². The van der Waals surface area contributed by atoms with Crippen LogP contribution >= 0.6 is 23.2 Å². The molecule has 0 saturated heterocycles. The largest absolute Gasteiger partial charge is 0.355 e. The fourth-order valence-electron chi connectivity index (χ4n) is 1.54. The third-order valence-electron chi connectivity index (χ3n) is 2.34. The van der Waals surface area contributed by atoms with E-state index in [1.165, 1.54) is 0 Å². The van der Waals surface area contributed by atoms with Gasteiger partial charge >= 0.3 is 0 Å². The average Bonchev–Trinajstić information content (AvgIpc) is 2.77. The van der Waals surface area contributed by atoms with Gasteiger partial charge in [0.1, 0.15) is 0 Å². The minimum Gasteiger partial charge on any atom is -0.355 e. The van der Waals surface area contributed by atoms with E-state index < -0.39 is 0 Å². The summed E-state index contributed by atoms with van der Waals surface area (Å²) in [5.74, 6) is 0.774. The highest BCUT2D eigenvalue weighted by Gasteiger charge is 2.08. The molecular weight excluding hydrogens is 257 g/mol. The average molecular weight is 270 g/mol. The Balaban J connectivity index is 2.38. The van der Waals surface area contributed by atoms with Crippen molar-refractivity contribution in [3.8, 4) is 5.69 Å². The molecule has 0 unspecified atom stereocenters. The zero-order valence-corrected chi connectivity index (χ0v) is 11.0. The highest BCUT2D eigenvalue weighted by molar-refractivity contribution is 6.34. The Labute approximate surface area is 110 Å². The summed E-state index contributed by atoms with van der Waals surface area (Å²) in [7, 11) is 0. The van der Waals surface area contributed by atoms with Crippen LogP contribution in [0.3, 0.4) is 0 Å². The maximum absolute atomic E-state index is 6.16. The second-order valence-electron chi connectivity index (χ2n) is 3.64. The number of anilines is 1. The summed E-state index contributed by atoms with van der Waals surface area (Å²) in [6.07, 6.45) is 4.63. The first-order valence-corrected chi connectivity index (χ1v) is 6.20. The topological polar surface area (TPSA) is 29.9 Å². The summed E-state index contributed by atoms with van der Waals surface area (Å²) in [6, 6.07) is 5.37. The van der Waals surface area contributed by atoms with Gasteiger partial charge in [0, 0.05) is 24.0 Å². The van der Waals surface area contributed by atoms with E-state index in [1.54, 1.807) is 18.3 Å². The molecule has 0 atom stereocenters. The summed E-state index contributed by atoms with van der Waals surface area (Å²) in [6.45, 7) is 2.97. The molecule has 0 radical (unpaired) electrons. The van der Waals surface area contributed by atoms with Gasteiger partial charge in [-0.05, 0) is 24.6 Å². The smallest absolute Gasteiger partial charge is 0.207 e. The molecule has 0 saturated carbocycles. The second kappa shape index (κ2) is 5.43. The van der Waals surface area contributed by atoms with Crippen molar-refractivity contribution in [1.29, 1.82) is 0 Å². The zero-order valence-electron chi connectivity index (χ0n) is 9.45. The van der Waals surface area contributed by atoms with Crippen LogP contribution in [0.4, 0.5) is 5.95 Å². The van der Waals surface area contributed by atoms with Gasteiger partial charge in [0.05, 0.1) is 10.7 Å². The van der Waals surface area contributed by atoms with Crippen molar-refractivity contribution in [3.63, 3.8) is 0 Å². The molecule has 0 amide bonds. The Hall–Kier alpha value is -1.19. The van der Waals surface area contributed by atoms with E-state index in [-0.39, 0.29) is 0 Å². The molecule has 1 aromatic carbocycles.